The second-order valence-corrected chi connectivity index (χ2v) is 5.58. The van der Waals surface area contributed by atoms with Crippen LogP contribution >= 0.6 is 0 Å². The van der Waals surface area contributed by atoms with Crippen molar-refractivity contribution in [1.29, 1.82) is 0 Å². The van der Waals surface area contributed by atoms with Crippen LogP contribution in [0.15, 0.2) is 24.3 Å². The van der Waals surface area contributed by atoms with Gasteiger partial charge in [-0.15, -0.1) is 0 Å². The van der Waals surface area contributed by atoms with Gasteiger partial charge in [0.2, 0.25) is 0 Å². The minimum absolute atomic E-state index is 0.361. The van der Waals surface area contributed by atoms with Gasteiger partial charge in [0.05, 0.1) is 19.3 Å². The van der Waals surface area contributed by atoms with Crippen molar-refractivity contribution in [3.8, 4) is 5.75 Å². The number of rotatable bonds is 7. The third kappa shape index (κ3) is 3.97. The molecular weight excluding hydrogens is 250 g/mol. The molecule has 2 rings (SSSR count). The van der Waals surface area contributed by atoms with E-state index in [4.69, 9.17) is 9.47 Å². The van der Waals surface area contributed by atoms with Crippen molar-refractivity contribution in [2.45, 2.75) is 45.8 Å². The van der Waals surface area contributed by atoms with Crippen LogP contribution in [0, 0.1) is 5.92 Å². The van der Waals surface area contributed by atoms with Crippen molar-refractivity contribution in [2.24, 2.45) is 5.92 Å². The van der Waals surface area contributed by atoms with Crippen molar-refractivity contribution in [3.05, 3.63) is 29.8 Å². The predicted molar refractivity (Wildman–Crippen MR) is 82.2 cm³/mol. The van der Waals surface area contributed by atoms with Gasteiger partial charge in [0.1, 0.15) is 5.75 Å². The number of ether oxygens (including phenoxy) is 2. The van der Waals surface area contributed by atoms with Crippen molar-refractivity contribution in [2.75, 3.05) is 19.8 Å². The Hall–Kier alpha value is -1.06. The third-order valence-electron chi connectivity index (χ3n) is 3.84. The highest BCUT2D eigenvalue weighted by Crippen LogP contribution is 2.33. The monoisotopic (exact) mass is 277 g/mol. The van der Waals surface area contributed by atoms with E-state index in [0.717, 1.165) is 31.7 Å². The molecule has 20 heavy (non-hydrogen) atoms. The van der Waals surface area contributed by atoms with Gasteiger partial charge < -0.3 is 14.8 Å². The molecule has 0 saturated carbocycles. The van der Waals surface area contributed by atoms with E-state index >= 15 is 0 Å². The van der Waals surface area contributed by atoms with E-state index in [1.54, 1.807) is 0 Å². The van der Waals surface area contributed by atoms with Crippen LogP contribution in [-0.2, 0) is 4.74 Å². The zero-order valence-electron chi connectivity index (χ0n) is 12.9. The maximum absolute atomic E-state index is 5.75. The molecule has 1 saturated heterocycles. The van der Waals surface area contributed by atoms with Crippen LogP contribution in [-0.4, -0.2) is 25.9 Å². The summed E-state index contributed by atoms with van der Waals surface area (Å²) in [6.07, 6.45) is 2.64. The summed E-state index contributed by atoms with van der Waals surface area (Å²) in [5.74, 6) is 1.51. The van der Waals surface area contributed by atoms with Gasteiger partial charge in [-0.05, 0) is 50.9 Å². The van der Waals surface area contributed by atoms with E-state index < -0.39 is 0 Å². The van der Waals surface area contributed by atoms with E-state index in [1.807, 2.05) is 13.0 Å². The van der Waals surface area contributed by atoms with Crippen LogP contribution < -0.4 is 10.1 Å². The Kier molecular flexibility index (Phi) is 5.86. The van der Waals surface area contributed by atoms with Gasteiger partial charge in [-0.2, -0.15) is 0 Å². The number of nitrogens with one attached hydrogen (secondary N) is 1. The number of hydrogen-bond acceptors (Lipinski definition) is 3. The molecule has 3 unspecified atom stereocenters. The zero-order valence-corrected chi connectivity index (χ0v) is 12.9. The smallest absolute Gasteiger partial charge is 0.119 e. The first-order chi connectivity index (χ1) is 9.74. The summed E-state index contributed by atoms with van der Waals surface area (Å²) in [4.78, 5) is 0. The average molecular weight is 277 g/mol. The normalized spacial score (nSPS) is 23.8. The molecule has 1 aromatic rings. The maximum Gasteiger partial charge on any atom is 0.119 e. The van der Waals surface area contributed by atoms with Crippen LogP contribution in [0.2, 0.25) is 0 Å². The van der Waals surface area contributed by atoms with E-state index in [1.165, 1.54) is 5.56 Å². The molecule has 1 aliphatic heterocycles. The van der Waals surface area contributed by atoms with Gasteiger partial charge in [-0.1, -0.05) is 19.1 Å². The molecule has 3 atom stereocenters. The van der Waals surface area contributed by atoms with Crippen molar-refractivity contribution < 1.29 is 9.47 Å². The Morgan fingerprint density at radius 1 is 1.40 bits per heavy atom. The fourth-order valence-electron chi connectivity index (χ4n) is 2.90. The molecule has 1 aliphatic rings. The van der Waals surface area contributed by atoms with Crippen molar-refractivity contribution >= 4 is 0 Å². The highest BCUT2D eigenvalue weighted by Gasteiger charge is 2.30. The lowest BCUT2D eigenvalue weighted by Crippen LogP contribution is -2.29. The minimum atomic E-state index is 0.361. The third-order valence-corrected chi connectivity index (χ3v) is 3.84. The fraction of sp³-hybridized carbons (Fsp3) is 0.647. The van der Waals surface area contributed by atoms with E-state index in [2.05, 4.69) is 37.4 Å². The van der Waals surface area contributed by atoms with Gasteiger partial charge in [-0.3, -0.25) is 0 Å². The topological polar surface area (TPSA) is 30.5 Å². The Morgan fingerprint density at radius 3 is 2.90 bits per heavy atom. The molecule has 1 N–H and O–H groups in total. The zero-order chi connectivity index (χ0) is 14.4. The van der Waals surface area contributed by atoms with Crippen LogP contribution in [0.25, 0.3) is 0 Å². The lowest BCUT2D eigenvalue weighted by atomic mass is 9.91. The molecular formula is C17H27NO2. The largest absolute Gasteiger partial charge is 0.494 e. The molecule has 0 aliphatic carbocycles. The summed E-state index contributed by atoms with van der Waals surface area (Å²) in [7, 11) is 0. The summed E-state index contributed by atoms with van der Waals surface area (Å²) >= 11 is 0. The van der Waals surface area contributed by atoms with Crippen LogP contribution in [0.3, 0.4) is 0 Å². The molecule has 0 amide bonds. The summed E-state index contributed by atoms with van der Waals surface area (Å²) < 4.78 is 11.4. The molecule has 1 heterocycles. The second kappa shape index (κ2) is 7.65. The summed E-state index contributed by atoms with van der Waals surface area (Å²) in [6, 6.07) is 8.83. The molecule has 0 spiro atoms. The Labute approximate surface area is 122 Å². The Morgan fingerprint density at radius 2 is 2.25 bits per heavy atom. The lowest BCUT2D eigenvalue weighted by Gasteiger charge is -2.25. The predicted octanol–water partition coefficient (Wildman–Crippen LogP) is 3.55. The first-order valence-electron chi connectivity index (χ1n) is 7.82. The van der Waals surface area contributed by atoms with Gasteiger partial charge >= 0.3 is 0 Å². The van der Waals surface area contributed by atoms with Gasteiger partial charge in [-0.25, -0.2) is 0 Å². The van der Waals surface area contributed by atoms with Crippen LogP contribution in [0.4, 0.5) is 0 Å². The molecule has 1 aromatic carbocycles. The van der Waals surface area contributed by atoms with Crippen LogP contribution in [0.1, 0.15) is 45.2 Å². The molecule has 0 bridgehead atoms. The molecule has 0 radical (unpaired) electrons. The Bertz CT molecular complexity index is 408. The number of hydrogen-bond donors (Lipinski definition) is 1. The quantitative estimate of drug-likeness (QED) is 0.826. The summed E-state index contributed by atoms with van der Waals surface area (Å²) in [5, 5.41) is 3.68. The molecule has 1 fully saturated rings. The lowest BCUT2D eigenvalue weighted by molar-refractivity contribution is 0.117. The first-order valence-corrected chi connectivity index (χ1v) is 7.82. The van der Waals surface area contributed by atoms with E-state index in [-0.39, 0.29) is 0 Å². The van der Waals surface area contributed by atoms with Crippen molar-refractivity contribution in [1.82, 2.24) is 5.32 Å². The first kappa shape index (κ1) is 15.3. The summed E-state index contributed by atoms with van der Waals surface area (Å²) in [6.45, 7) is 8.98. The summed E-state index contributed by atoms with van der Waals surface area (Å²) in [5.41, 5.74) is 1.31. The molecule has 112 valence electrons. The molecule has 3 heteroatoms. The van der Waals surface area contributed by atoms with Crippen LogP contribution in [0.5, 0.6) is 5.75 Å². The Balaban J connectivity index is 2.14. The van der Waals surface area contributed by atoms with Crippen molar-refractivity contribution in [3.63, 3.8) is 0 Å². The van der Waals surface area contributed by atoms with E-state index in [0.29, 0.717) is 24.7 Å². The number of benzene rings is 1. The van der Waals surface area contributed by atoms with Gasteiger partial charge in [0.15, 0.2) is 0 Å². The second-order valence-electron chi connectivity index (χ2n) is 5.58. The van der Waals surface area contributed by atoms with Gasteiger partial charge in [0, 0.05) is 12.0 Å². The highest BCUT2D eigenvalue weighted by molar-refractivity contribution is 5.31. The fourth-order valence-corrected chi connectivity index (χ4v) is 2.90. The highest BCUT2D eigenvalue weighted by atomic mass is 16.5. The SMILES string of the molecule is CCCNC(c1cccc(OCC)c1)C1COC(C)C1. The van der Waals surface area contributed by atoms with Gasteiger partial charge in [0.25, 0.3) is 0 Å². The molecule has 3 nitrogen and oxygen atoms in total. The maximum atomic E-state index is 5.75. The average Bonchev–Trinajstić information content (AvgIpc) is 2.87. The van der Waals surface area contributed by atoms with E-state index in [9.17, 15) is 0 Å². The minimum Gasteiger partial charge on any atom is -0.494 e. The standard InChI is InChI=1S/C17H27NO2/c1-4-9-18-17(15-10-13(3)20-12-15)14-7-6-8-16(11-14)19-5-2/h6-8,11,13,15,17-18H,4-5,9-10,12H2,1-3H3. The molecule has 0 aromatic heterocycles.